The van der Waals surface area contributed by atoms with E-state index in [1.807, 2.05) is 0 Å². The van der Waals surface area contributed by atoms with E-state index in [1.54, 1.807) is 30.7 Å². The first-order valence-corrected chi connectivity index (χ1v) is 5.80. The standard InChI is InChI=1S/C10H7BrO3S/c1-13-6-4-8(15-5-6)10(12)7-2-3-9(11)14-7/h2-5H,1H3. The predicted octanol–water partition coefficient (Wildman–Crippen LogP) is 3.34. The minimum absolute atomic E-state index is 0.131. The summed E-state index contributed by atoms with van der Waals surface area (Å²) >= 11 is 4.49. The van der Waals surface area contributed by atoms with Gasteiger partial charge in [0.05, 0.1) is 12.0 Å². The zero-order chi connectivity index (χ0) is 10.8. The monoisotopic (exact) mass is 286 g/mol. The third-order valence-corrected chi connectivity index (χ3v) is 3.17. The van der Waals surface area contributed by atoms with Crippen LogP contribution in [0.15, 0.2) is 32.7 Å². The molecule has 0 aliphatic carbocycles. The SMILES string of the molecule is COc1csc(C(=O)c2ccc(Br)o2)c1. The lowest BCUT2D eigenvalue weighted by atomic mass is 10.2. The summed E-state index contributed by atoms with van der Waals surface area (Å²) in [6.07, 6.45) is 0. The summed E-state index contributed by atoms with van der Waals surface area (Å²) in [5, 5.41) is 1.78. The van der Waals surface area contributed by atoms with Gasteiger partial charge in [0.15, 0.2) is 10.4 Å². The first-order valence-electron chi connectivity index (χ1n) is 4.13. The Kier molecular flexibility index (Phi) is 2.93. The summed E-state index contributed by atoms with van der Waals surface area (Å²) in [6, 6.07) is 5.03. The number of rotatable bonds is 3. The second-order valence-electron chi connectivity index (χ2n) is 2.78. The molecule has 0 aliphatic rings. The molecule has 0 saturated heterocycles. The van der Waals surface area contributed by atoms with Crippen molar-refractivity contribution < 1.29 is 13.9 Å². The molecule has 0 bridgehead atoms. The molecule has 0 radical (unpaired) electrons. The number of ether oxygens (including phenoxy) is 1. The zero-order valence-electron chi connectivity index (χ0n) is 7.82. The van der Waals surface area contributed by atoms with E-state index in [4.69, 9.17) is 9.15 Å². The highest BCUT2D eigenvalue weighted by atomic mass is 79.9. The van der Waals surface area contributed by atoms with Gasteiger partial charge in [0, 0.05) is 11.4 Å². The Balaban J connectivity index is 2.28. The number of carbonyl (C=O) groups excluding carboxylic acids is 1. The van der Waals surface area contributed by atoms with Crippen molar-refractivity contribution in [2.45, 2.75) is 0 Å². The summed E-state index contributed by atoms with van der Waals surface area (Å²) < 4.78 is 10.7. The van der Waals surface area contributed by atoms with Crippen LogP contribution in [-0.2, 0) is 0 Å². The molecule has 0 amide bonds. The molecular formula is C10H7BrO3S. The third-order valence-electron chi connectivity index (χ3n) is 1.83. The Morgan fingerprint density at radius 1 is 1.53 bits per heavy atom. The fraction of sp³-hybridized carbons (Fsp3) is 0.100. The lowest BCUT2D eigenvalue weighted by Gasteiger charge is -1.92. The molecule has 2 rings (SSSR count). The van der Waals surface area contributed by atoms with E-state index in [2.05, 4.69) is 15.9 Å². The van der Waals surface area contributed by atoms with Crippen molar-refractivity contribution in [1.82, 2.24) is 0 Å². The van der Waals surface area contributed by atoms with Crippen molar-refractivity contribution in [3.8, 4) is 5.75 Å². The molecule has 0 unspecified atom stereocenters. The first-order chi connectivity index (χ1) is 7.20. The smallest absolute Gasteiger partial charge is 0.238 e. The Labute approximate surface area is 98.8 Å². The fourth-order valence-electron chi connectivity index (χ4n) is 1.10. The van der Waals surface area contributed by atoms with Gasteiger partial charge in [0.25, 0.3) is 0 Å². The Morgan fingerprint density at radius 2 is 2.33 bits per heavy atom. The second-order valence-corrected chi connectivity index (χ2v) is 4.48. The van der Waals surface area contributed by atoms with Gasteiger partial charge in [-0.3, -0.25) is 4.79 Å². The summed E-state index contributed by atoms with van der Waals surface area (Å²) in [7, 11) is 1.57. The van der Waals surface area contributed by atoms with Crippen LogP contribution in [-0.4, -0.2) is 12.9 Å². The number of hydrogen-bond donors (Lipinski definition) is 0. The van der Waals surface area contributed by atoms with Crippen molar-refractivity contribution in [1.29, 1.82) is 0 Å². The van der Waals surface area contributed by atoms with E-state index in [0.29, 0.717) is 21.1 Å². The average molecular weight is 287 g/mol. The van der Waals surface area contributed by atoms with E-state index in [0.717, 1.165) is 0 Å². The maximum absolute atomic E-state index is 11.8. The van der Waals surface area contributed by atoms with Gasteiger partial charge in [-0.25, -0.2) is 0 Å². The minimum Gasteiger partial charge on any atom is -0.496 e. The highest BCUT2D eigenvalue weighted by molar-refractivity contribution is 9.10. The van der Waals surface area contributed by atoms with Crippen molar-refractivity contribution in [3.05, 3.63) is 38.9 Å². The van der Waals surface area contributed by atoms with E-state index < -0.39 is 0 Å². The summed E-state index contributed by atoms with van der Waals surface area (Å²) in [5.41, 5.74) is 0. The molecule has 0 aliphatic heterocycles. The van der Waals surface area contributed by atoms with Crippen LogP contribution in [0.3, 0.4) is 0 Å². The minimum atomic E-state index is -0.131. The first kappa shape index (κ1) is 10.4. The van der Waals surface area contributed by atoms with Crippen LogP contribution in [0.25, 0.3) is 0 Å². The Bertz CT molecular complexity index is 486. The molecule has 0 spiro atoms. The van der Waals surface area contributed by atoms with Crippen LogP contribution in [0.1, 0.15) is 15.4 Å². The average Bonchev–Trinajstić information content (AvgIpc) is 2.84. The zero-order valence-corrected chi connectivity index (χ0v) is 10.2. The molecule has 0 aromatic carbocycles. The number of ketones is 1. The van der Waals surface area contributed by atoms with Crippen molar-refractivity contribution in [2.75, 3.05) is 7.11 Å². The topological polar surface area (TPSA) is 39.4 Å². The van der Waals surface area contributed by atoms with Crippen molar-refractivity contribution >= 4 is 33.0 Å². The van der Waals surface area contributed by atoms with Crippen LogP contribution in [0, 0.1) is 0 Å². The van der Waals surface area contributed by atoms with Gasteiger partial charge in [-0.2, -0.15) is 0 Å². The van der Waals surface area contributed by atoms with Crippen LogP contribution in [0.4, 0.5) is 0 Å². The van der Waals surface area contributed by atoms with Gasteiger partial charge in [0.2, 0.25) is 5.78 Å². The maximum Gasteiger partial charge on any atom is 0.238 e. The molecular weight excluding hydrogens is 280 g/mol. The number of halogens is 1. The van der Waals surface area contributed by atoms with Crippen molar-refractivity contribution in [3.63, 3.8) is 0 Å². The second kappa shape index (κ2) is 4.20. The molecule has 0 saturated carbocycles. The predicted molar refractivity (Wildman–Crippen MR) is 60.7 cm³/mol. The quantitative estimate of drug-likeness (QED) is 0.813. The van der Waals surface area contributed by atoms with Crippen LogP contribution in [0.2, 0.25) is 0 Å². The summed E-state index contributed by atoms with van der Waals surface area (Å²) in [6.45, 7) is 0. The lowest BCUT2D eigenvalue weighted by Crippen LogP contribution is -1.95. The van der Waals surface area contributed by atoms with Gasteiger partial charge in [-0.05, 0) is 28.1 Å². The summed E-state index contributed by atoms with van der Waals surface area (Å²) in [5.74, 6) is 0.884. The van der Waals surface area contributed by atoms with Crippen LogP contribution in [0.5, 0.6) is 5.75 Å². The molecule has 2 heterocycles. The molecule has 0 N–H and O–H groups in total. The molecule has 3 nitrogen and oxygen atoms in total. The number of methoxy groups -OCH3 is 1. The highest BCUT2D eigenvalue weighted by Gasteiger charge is 2.15. The number of carbonyl (C=O) groups is 1. The van der Waals surface area contributed by atoms with Crippen molar-refractivity contribution in [2.24, 2.45) is 0 Å². The third kappa shape index (κ3) is 2.13. The highest BCUT2D eigenvalue weighted by Crippen LogP contribution is 2.25. The van der Waals surface area contributed by atoms with Gasteiger partial charge in [-0.1, -0.05) is 0 Å². The summed E-state index contributed by atoms with van der Waals surface area (Å²) in [4.78, 5) is 12.4. The van der Waals surface area contributed by atoms with Crippen LogP contribution >= 0.6 is 27.3 Å². The lowest BCUT2D eigenvalue weighted by molar-refractivity contribution is 0.101. The normalized spacial score (nSPS) is 10.3. The van der Waals surface area contributed by atoms with Gasteiger partial charge < -0.3 is 9.15 Å². The fourth-order valence-corrected chi connectivity index (χ4v) is 2.21. The van der Waals surface area contributed by atoms with E-state index >= 15 is 0 Å². The Hall–Kier alpha value is -1.07. The van der Waals surface area contributed by atoms with E-state index in [9.17, 15) is 4.79 Å². The molecule has 15 heavy (non-hydrogen) atoms. The molecule has 0 fully saturated rings. The largest absolute Gasteiger partial charge is 0.496 e. The molecule has 5 heteroatoms. The molecule has 2 aromatic rings. The Morgan fingerprint density at radius 3 is 2.87 bits per heavy atom. The van der Waals surface area contributed by atoms with E-state index in [1.165, 1.54) is 11.3 Å². The van der Waals surface area contributed by atoms with Gasteiger partial charge >= 0.3 is 0 Å². The molecule has 0 atom stereocenters. The van der Waals surface area contributed by atoms with E-state index in [-0.39, 0.29) is 5.78 Å². The molecule has 2 aromatic heterocycles. The number of furan rings is 1. The van der Waals surface area contributed by atoms with Gasteiger partial charge in [0.1, 0.15) is 5.75 Å². The molecule has 78 valence electrons. The van der Waals surface area contributed by atoms with Gasteiger partial charge in [-0.15, -0.1) is 11.3 Å². The number of thiophene rings is 1. The number of hydrogen-bond acceptors (Lipinski definition) is 4. The van der Waals surface area contributed by atoms with Crippen LogP contribution < -0.4 is 4.74 Å². The maximum atomic E-state index is 11.8.